The van der Waals surface area contributed by atoms with Gasteiger partial charge in [-0.15, -0.1) is 0 Å². The van der Waals surface area contributed by atoms with E-state index < -0.39 is 45.1 Å². The largest absolute Gasteiger partial charge is 0.480 e. The molecule has 3 atom stereocenters. The van der Waals surface area contributed by atoms with Crippen molar-refractivity contribution in [2.24, 2.45) is 5.73 Å². The van der Waals surface area contributed by atoms with Gasteiger partial charge < -0.3 is 25.2 Å². The van der Waals surface area contributed by atoms with Gasteiger partial charge in [0, 0.05) is 13.0 Å². The van der Waals surface area contributed by atoms with E-state index in [9.17, 15) is 19.0 Å². The molecule has 3 unspecified atom stereocenters. The number of esters is 1. The predicted octanol–water partition coefficient (Wildman–Crippen LogP) is 13.3. The summed E-state index contributed by atoms with van der Waals surface area (Å²) in [5.74, 6) is -1.78. The van der Waals surface area contributed by atoms with Crippen molar-refractivity contribution >= 4 is 19.8 Å². The number of carboxylic acids is 1. The normalized spacial score (nSPS) is 14.1. The zero-order valence-electron chi connectivity index (χ0n) is 37.1. The molecule has 0 aromatic heterocycles. The van der Waals surface area contributed by atoms with E-state index in [1.807, 2.05) is 0 Å². The minimum Gasteiger partial charge on any atom is -0.480 e. The lowest BCUT2D eigenvalue weighted by Crippen LogP contribution is -2.34. The van der Waals surface area contributed by atoms with Crippen LogP contribution in [-0.4, -0.2) is 60.5 Å². The van der Waals surface area contributed by atoms with E-state index in [-0.39, 0.29) is 13.0 Å². The van der Waals surface area contributed by atoms with Gasteiger partial charge in [0.05, 0.1) is 19.8 Å². The van der Waals surface area contributed by atoms with E-state index in [0.29, 0.717) is 13.0 Å². The minimum atomic E-state index is -4.62. The van der Waals surface area contributed by atoms with Crippen LogP contribution in [0.15, 0.2) is 36.5 Å². The van der Waals surface area contributed by atoms with E-state index in [2.05, 4.69) is 50.3 Å². The number of carboxylic acid groups (broad SMARTS) is 1. The summed E-state index contributed by atoms with van der Waals surface area (Å²) in [7, 11) is -4.62. The van der Waals surface area contributed by atoms with Crippen molar-refractivity contribution in [3.05, 3.63) is 36.5 Å². The first-order valence-electron chi connectivity index (χ1n) is 23.5. The third kappa shape index (κ3) is 42.3. The quantitative estimate of drug-likeness (QED) is 0.0233. The summed E-state index contributed by atoms with van der Waals surface area (Å²) < 4.78 is 33.4. The maximum absolute atomic E-state index is 12.6. The SMILES string of the molecule is CCCCCCC/C=C\C/C=C\C/C=C\CCCCCCCCCCCOCC(COP(=O)(O)OCC(N)C(=O)O)OC(=O)CCCCCCCCCCCCCC. The van der Waals surface area contributed by atoms with Gasteiger partial charge in [-0.25, -0.2) is 4.57 Å². The second-order valence-electron chi connectivity index (χ2n) is 15.9. The Bertz CT molecular complexity index is 1070. The highest BCUT2D eigenvalue weighted by Crippen LogP contribution is 2.43. The van der Waals surface area contributed by atoms with Crippen LogP contribution < -0.4 is 5.73 Å². The fourth-order valence-corrected chi connectivity index (χ4v) is 7.27. The number of hydrogen-bond donors (Lipinski definition) is 3. The molecule has 0 aliphatic heterocycles. The molecule has 0 aromatic rings. The fraction of sp³-hybridized carbons (Fsp3) is 0.830. The van der Waals surface area contributed by atoms with E-state index in [1.165, 1.54) is 135 Å². The van der Waals surface area contributed by atoms with Gasteiger partial charge in [0.25, 0.3) is 0 Å². The second kappa shape index (κ2) is 43.3. The van der Waals surface area contributed by atoms with Crippen LogP contribution in [0.25, 0.3) is 0 Å². The van der Waals surface area contributed by atoms with Crippen LogP contribution in [0, 0.1) is 0 Å². The van der Waals surface area contributed by atoms with Gasteiger partial charge in [-0.2, -0.15) is 0 Å². The summed E-state index contributed by atoms with van der Waals surface area (Å²) in [6, 6.07) is -1.47. The molecule has 0 radical (unpaired) electrons. The highest BCUT2D eigenvalue weighted by atomic mass is 31.2. The van der Waals surface area contributed by atoms with Gasteiger partial charge in [0.2, 0.25) is 0 Å². The third-order valence-electron chi connectivity index (χ3n) is 10.2. The highest BCUT2D eigenvalue weighted by Gasteiger charge is 2.27. The van der Waals surface area contributed by atoms with Crippen LogP contribution in [0.1, 0.15) is 213 Å². The lowest BCUT2D eigenvalue weighted by Gasteiger charge is -2.20. The summed E-state index contributed by atoms with van der Waals surface area (Å²) in [5, 5.41) is 8.90. The molecule has 0 aliphatic rings. The van der Waals surface area contributed by atoms with Crippen LogP contribution in [0.5, 0.6) is 0 Å². The molecule has 0 spiro atoms. The number of allylic oxidation sites excluding steroid dienone is 6. The molecule has 0 aromatic carbocycles. The van der Waals surface area contributed by atoms with Crippen molar-refractivity contribution in [1.82, 2.24) is 0 Å². The lowest BCUT2D eigenvalue weighted by atomic mass is 10.0. The Labute approximate surface area is 355 Å². The number of phosphoric ester groups is 1. The van der Waals surface area contributed by atoms with Gasteiger partial charge in [-0.1, -0.05) is 192 Å². The molecule has 4 N–H and O–H groups in total. The maximum atomic E-state index is 12.6. The number of unbranched alkanes of at least 4 members (excludes halogenated alkanes) is 25. The lowest BCUT2D eigenvalue weighted by molar-refractivity contribution is -0.154. The molecular formula is C47H88NO9P. The zero-order valence-corrected chi connectivity index (χ0v) is 38.0. The van der Waals surface area contributed by atoms with Crippen molar-refractivity contribution in [2.45, 2.75) is 225 Å². The molecule has 0 saturated carbocycles. The minimum absolute atomic E-state index is 0.0155. The molecule has 0 bridgehead atoms. The van der Waals surface area contributed by atoms with Crippen molar-refractivity contribution in [2.75, 3.05) is 26.4 Å². The summed E-state index contributed by atoms with van der Waals surface area (Å²) in [6.07, 6.45) is 49.1. The first-order valence-corrected chi connectivity index (χ1v) is 25.0. The number of nitrogens with two attached hydrogens (primary N) is 1. The summed E-state index contributed by atoms with van der Waals surface area (Å²) >= 11 is 0. The number of hydrogen-bond acceptors (Lipinski definition) is 8. The Morgan fingerprint density at radius 2 is 0.948 bits per heavy atom. The standard InChI is InChI=1S/C47H88NO9P/c1-3-5-7-9-11-13-15-17-18-19-20-21-22-23-24-25-26-27-28-30-32-34-36-38-40-54-41-44(42-55-58(52,53)56-43-45(48)47(50)51)57-46(49)39-37-35-33-31-29-16-14-12-10-8-6-4-2/h15,17,19-20,22-23,44-45H,3-14,16,18,21,24-43,48H2,1-2H3,(H,50,51)(H,52,53)/b17-15-,20-19-,23-22-. The molecule has 0 aliphatic carbocycles. The molecule has 0 fully saturated rings. The van der Waals surface area contributed by atoms with E-state index in [1.54, 1.807) is 0 Å². The van der Waals surface area contributed by atoms with Crippen LogP contribution in [0.3, 0.4) is 0 Å². The van der Waals surface area contributed by atoms with Crippen molar-refractivity contribution in [1.29, 1.82) is 0 Å². The van der Waals surface area contributed by atoms with E-state index in [0.717, 1.165) is 51.4 Å². The molecule has 58 heavy (non-hydrogen) atoms. The Hall–Kier alpha value is -1.81. The maximum Gasteiger partial charge on any atom is 0.472 e. The molecule has 10 nitrogen and oxygen atoms in total. The summed E-state index contributed by atoms with van der Waals surface area (Å²) in [6.45, 7) is 3.87. The number of ether oxygens (including phenoxy) is 2. The zero-order chi connectivity index (χ0) is 42.6. The van der Waals surface area contributed by atoms with Crippen LogP contribution in [0.2, 0.25) is 0 Å². The fourth-order valence-electron chi connectivity index (χ4n) is 6.49. The smallest absolute Gasteiger partial charge is 0.472 e. The number of carbonyl (C=O) groups is 2. The third-order valence-corrected chi connectivity index (χ3v) is 11.1. The van der Waals surface area contributed by atoms with Gasteiger partial charge in [-0.3, -0.25) is 18.6 Å². The van der Waals surface area contributed by atoms with Crippen LogP contribution >= 0.6 is 7.82 Å². The monoisotopic (exact) mass is 842 g/mol. The van der Waals surface area contributed by atoms with Crippen molar-refractivity contribution in [3.63, 3.8) is 0 Å². The Morgan fingerprint density at radius 3 is 1.41 bits per heavy atom. The molecule has 0 saturated heterocycles. The second-order valence-corrected chi connectivity index (χ2v) is 17.3. The molecular weight excluding hydrogens is 753 g/mol. The average molecular weight is 842 g/mol. The van der Waals surface area contributed by atoms with Gasteiger partial charge in [-0.05, 0) is 51.4 Å². The van der Waals surface area contributed by atoms with Gasteiger partial charge in [0.1, 0.15) is 12.1 Å². The number of aliphatic carboxylic acids is 1. The van der Waals surface area contributed by atoms with Gasteiger partial charge >= 0.3 is 19.8 Å². The Morgan fingerprint density at radius 1 is 0.552 bits per heavy atom. The Balaban J connectivity index is 4.12. The number of carbonyl (C=O) groups excluding carboxylic acids is 1. The predicted molar refractivity (Wildman–Crippen MR) is 240 cm³/mol. The molecule has 340 valence electrons. The van der Waals surface area contributed by atoms with Gasteiger partial charge in [0.15, 0.2) is 0 Å². The summed E-state index contributed by atoms with van der Waals surface area (Å²) in [5.41, 5.74) is 5.36. The van der Waals surface area contributed by atoms with E-state index >= 15 is 0 Å². The van der Waals surface area contributed by atoms with Crippen molar-refractivity contribution in [3.8, 4) is 0 Å². The number of rotatable bonds is 45. The van der Waals surface area contributed by atoms with E-state index in [4.69, 9.17) is 29.4 Å². The Kier molecular flexibility index (Phi) is 41.9. The van der Waals surface area contributed by atoms with Crippen molar-refractivity contribution < 1.29 is 42.7 Å². The van der Waals surface area contributed by atoms with Crippen LogP contribution in [-0.2, 0) is 32.7 Å². The molecule has 0 amide bonds. The first-order chi connectivity index (χ1) is 28.2. The average Bonchev–Trinajstić information content (AvgIpc) is 3.20. The molecule has 0 heterocycles. The van der Waals surface area contributed by atoms with Crippen LogP contribution in [0.4, 0.5) is 0 Å². The highest BCUT2D eigenvalue weighted by molar-refractivity contribution is 7.47. The number of phosphoric acid groups is 1. The molecule has 0 rings (SSSR count). The first kappa shape index (κ1) is 56.2. The topological polar surface area (TPSA) is 155 Å². The summed E-state index contributed by atoms with van der Waals surface area (Å²) in [4.78, 5) is 33.5. The molecule has 11 heteroatoms.